The molecule has 0 spiro atoms. The summed E-state index contributed by atoms with van der Waals surface area (Å²) in [7, 11) is 0. The van der Waals surface area contributed by atoms with E-state index in [-0.39, 0.29) is 16.9 Å². The van der Waals surface area contributed by atoms with Gasteiger partial charge in [0.2, 0.25) is 5.91 Å². The van der Waals surface area contributed by atoms with E-state index in [1.54, 1.807) is 0 Å². The highest BCUT2D eigenvalue weighted by atomic mass is 16.2. The first-order valence-corrected chi connectivity index (χ1v) is 7.11. The van der Waals surface area contributed by atoms with E-state index in [4.69, 9.17) is 5.73 Å². The van der Waals surface area contributed by atoms with Gasteiger partial charge in [-0.1, -0.05) is 33.6 Å². The number of nitrogens with two attached hydrogens (primary N) is 1. The van der Waals surface area contributed by atoms with E-state index in [0.29, 0.717) is 6.54 Å². The third-order valence-electron chi connectivity index (χ3n) is 4.84. The van der Waals surface area contributed by atoms with E-state index >= 15 is 0 Å². The van der Waals surface area contributed by atoms with Gasteiger partial charge in [0.05, 0.1) is 5.41 Å². The summed E-state index contributed by atoms with van der Waals surface area (Å²) in [5, 5.41) is 3.29. The van der Waals surface area contributed by atoms with Gasteiger partial charge in [-0.05, 0) is 32.1 Å². The Morgan fingerprint density at radius 3 is 2.00 bits per heavy atom. The van der Waals surface area contributed by atoms with Gasteiger partial charge in [0.15, 0.2) is 0 Å². The Morgan fingerprint density at radius 2 is 1.65 bits per heavy atom. The van der Waals surface area contributed by atoms with Gasteiger partial charge in [0.25, 0.3) is 0 Å². The molecular formula is C14H28N2O. The highest BCUT2D eigenvalue weighted by molar-refractivity contribution is 5.83. The van der Waals surface area contributed by atoms with Gasteiger partial charge in [0, 0.05) is 12.1 Å². The lowest BCUT2D eigenvalue weighted by atomic mass is 9.82. The summed E-state index contributed by atoms with van der Waals surface area (Å²) >= 11 is 0. The molecule has 1 amide bonds. The Balaban J connectivity index is 2.75. The summed E-state index contributed by atoms with van der Waals surface area (Å²) < 4.78 is 0. The standard InChI is InChI=1S/C14H28N2O/c1-4-14(5-2,6-3)16-12(17)13(11-15)9-7-8-10-13/h4-11,15H2,1-3H3,(H,16,17). The van der Waals surface area contributed by atoms with E-state index in [1.807, 2.05) is 0 Å². The van der Waals surface area contributed by atoms with E-state index in [2.05, 4.69) is 26.1 Å². The first-order chi connectivity index (χ1) is 8.08. The van der Waals surface area contributed by atoms with Crippen molar-refractivity contribution in [2.24, 2.45) is 11.1 Å². The van der Waals surface area contributed by atoms with Crippen molar-refractivity contribution >= 4 is 5.91 Å². The molecule has 0 unspecified atom stereocenters. The summed E-state index contributed by atoms with van der Waals surface area (Å²) in [5.41, 5.74) is 5.55. The van der Waals surface area contributed by atoms with Crippen LogP contribution in [0.5, 0.6) is 0 Å². The van der Waals surface area contributed by atoms with Crippen LogP contribution in [0.25, 0.3) is 0 Å². The topological polar surface area (TPSA) is 55.1 Å². The van der Waals surface area contributed by atoms with Crippen LogP contribution in [0.4, 0.5) is 0 Å². The van der Waals surface area contributed by atoms with Gasteiger partial charge in [-0.3, -0.25) is 4.79 Å². The third-order valence-corrected chi connectivity index (χ3v) is 4.84. The largest absolute Gasteiger partial charge is 0.350 e. The zero-order chi connectivity index (χ0) is 12.9. The summed E-state index contributed by atoms with van der Waals surface area (Å²) in [6.45, 7) is 6.94. The molecule has 1 rings (SSSR count). The fourth-order valence-electron chi connectivity index (χ4n) is 2.96. The third kappa shape index (κ3) is 2.82. The summed E-state index contributed by atoms with van der Waals surface area (Å²) in [5.74, 6) is 0.197. The molecule has 1 saturated carbocycles. The molecule has 3 N–H and O–H groups in total. The lowest BCUT2D eigenvalue weighted by Crippen LogP contribution is -2.54. The number of carbonyl (C=O) groups excluding carboxylic acids is 1. The lowest BCUT2D eigenvalue weighted by Gasteiger charge is -2.36. The maximum atomic E-state index is 12.5. The fourth-order valence-corrected chi connectivity index (χ4v) is 2.96. The highest BCUT2D eigenvalue weighted by Gasteiger charge is 2.42. The molecule has 0 atom stereocenters. The van der Waals surface area contributed by atoms with Crippen LogP contribution in [0.2, 0.25) is 0 Å². The molecule has 0 bridgehead atoms. The maximum Gasteiger partial charge on any atom is 0.227 e. The van der Waals surface area contributed by atoms with E-state index in [0.717, 1.165) is 44.9 Å². The van der Waals surface area contributed by atoms with Crippen molar-refractivity contribution in [1.29, 1.82) is 0 Å². The van der Waals surface area contributed by atoms with Gasteiger partial charge in [-0.2, -0.15) is 0 Å². The molecule has 0 aromatic carbocycles. The molecule has 1 fully saturated rings. The number of nitrogens with one attached hydrogen (secondary N) is 1. The summed E-state index contributed by atoms with van der Waals surface area (Å²) in [6, 6.07) is 0. The number of hydrogen-bond donors (Lipinski definition) is 2. The predicted molar refractivity (Wildman–Crippen MR) is 71.7 cm³/mol. The highest BCUT2D eigenvalue weighted by Crippen LogP contribution is 2.38. The first-order valence-electron chi connectivity index (χ1n) is 7.11. The molecule has 0 saturated heterocycles. The lowest BCUT2D eigenvalue weighted by molar-refractivity contribution is -0.132. The number of carbonyl (C=O) groups is 1. The second kappa shape index (κ2) is 5.85. The van der Waals surface area contributed by atoms with Crippen LogP contribution < -0.4 is 11.1 Å². The molecule has 3 nitrogen and oxygen atoms in total. The SMILES string of the molecule is CCC(CC)(CC)NC(=O)C1(CN)CCCC1. The maximum absolute atomic E-state index is 12.5. The summed E-state index contributed by atoms with van der Waals surface area (Å²) in [4.78, 5) is 12.5. The minimum absolute atomic E-state index is 0.0259. The van der Waals surface area contributed by atoms with Gasteiger partial charge in [0.1, 0.15) is 0 Å². The Bertz CT molecular complexity index is 245. The molecule has 0 heterocycles. The molecule has 0 aromatic rings. The Morgan fingerprint density at radius 1 is 1.18 bits per heavy atom. The monoisotopic (exact) mass is 240 g/mol. The molecule has 0 radical (unpaired) electrons. The molecule has 1 aliphatic rings. The normalized spacial score (nSPS) is 19.3. The average molecular weight is 240 g/mol. The predicted octanol–water partition coefficient (Wildman–Crippen LogP) is 2.59. The second-order valence-corrected chi connectivity index (χ2v) is 5.49. The zero-order valence-electron chi connectivity index (χ0n) is 11.6. The smallest absolute Gasteiger partial charge is 0.227 e. The van der Waals surface area contributed by atoms with Crippen molar-refractivity contribution in [3.63, 3.8) is 0 Å². The number of rotatable bonds is 6. The van der Waals surface area contributed by atoms with Gasteiger partial charge in [-0.25, -0.2) is 0 Å². The van der Waals surface area contributed by atoms with Crippen LogP contribution in [0.1, 0.15) is 65.7 Å². The molecular weight excluding hydrogens is 212 g/mol. The second-order valence-electron chi connectivity index (χ2n) is 5.49. The minimum atomic E-state index is -0.273. The minimum Gasteiger partial charge on any atom is -0.350 e. The molecule has 17 heavy (non-hydrogen) atoms. The summed E-state index contributed by atoms with van der Waals surface area (Å²) in [6.07, 6.45) is 7.18. The van der Waals surface area contributed by atoms with Crippen LogP contribution in [-0.2, 0) is 4.79 Å². The molecule has 0 aromatic heterocycles. The average Bonchev–Trinajstić information content (AvgIpc) is 2.86. The van der Waals surface area contributed by atoms with E-state index in [1.165, 1.54) is 0 Å². The molecule has 3 heteroatoms. The fraction of sp³-hybridized carbons (Fsp3) is 0.929. The van der Waals surface area contributed by atoms with Crippen LogP contribution in [0.15, 0.2) is 0 Å². The van der Waals surface area contributed by atoms with Crippen molar-refractivity contribution in [3.05, 3.63) is 0 Å². The Kier molecular flexibility index (Phi) is 4.99. The van der Waals surface area contributed by atoms with Crippen molar-refractivity contribution in [3.8, 4) is 0 Å². The Labute approximate surface area is 106 Å². The zero-order valence-corrected chi connectivity index (χ0v) is 11.6. The van der Waals surface area contributed by atoms with E-state index < -0.39 is 0 Å². The van der Waals surface area contributed by atoms with Crippen LogP contribution >= 0.6 is 0 Å². The van der Waals surface area contributed by atoms with Gasteiger partial charge >= 0.3 is 0 Å². The van der Waals surface area contributed by atoms with Crippen molar-refractivity contribution < 1.29 is 4.79 Å². The van der Waals surface area contributed by atoms with Crippen molar-refractivity contribution in [2.45, 2.75) is 71.3 Å². The number of amides is 1. The molecule has 100 valence electrons. The van der Waals surface area contributed by atoms with E-state index in [9.17, 15) is 4.79 Å². The number of hydrogen-bond acceptors (Lipinski definition) is 2. The van der Waals surface area contributed by atoms with Crippen molar-refractivity contribution in [1.82, 2.24) is 5.32 Å². The quantitative estimate of drug-likeness (QED) is 0.750. The van der Waals surface area contributed by atoms with Gasteiger partial charge in [-0.15, -0.1) is 0 Å². The molecule has 1 aliphatic carbocycles. The van der Waals surface area contributed by atoms with Gasteiger partial charge < -0.3 is 11.1 Å². The first kappa shape index (κ1) is 14.5. The van der Waals surface area contributed by atoms with Crippen LogP contribution in [-0.4, -0.2) is 18.0 Å². The van der Waals surface area contributed by atoms with Crippen LogP contribution in [0.3, 0.4) is 0 Å². The van der Waals surface area contributed by atoms with Crippen molar-refractivity contribution in [2.75, 3.05) is 6.54 Å². The van der Waals surface area contributed by atoms with Crippen LogP contribution in [0, 0.1) is 5.41 Å². The molecule has 0 aliphatic heterocycles. The Hall–Kier alpha value is -0.570.